The molecule has 0 spiro atoms. The lowest BCUT2D eigenvalue weighted by atomic mass is 9.94. The van der Waals surface area contributed by atoms with Crippen LogP contribution in [0.1, 0.15) is 19.3 Å². The first-order valence-corrected chi connectivity index (χ1v) is 6.17. The number of rotatable bonds is 2. The number of hydrogen-bond donors (Lipinski definition) is 1. The molecule has 0 bridgehead atoms. The second kappa shape index (κ2) is 5.75. The predicted molar refractivity (Wildman–Crippen MR) is 62.9 cm³/mol. The highest BCUT2D eigenvalue weighted by molar-refractivity contribution is 9.28. The quantitative estimate of drug-likeness (QED) is 0.845. The minimum absolute atomic E-state index is 0.621. The van der Waals surface area contributed by atoms with Crippen LogP contribution in [0.5, 0.6) is 0 Å². The van der Waals surface area contributed by atoms with E-state index in [4.69, 9.17) is 5.11 Å². The molecule has 1 heterocycles. The fourth-order valence-electron chi connectivity index (χ4n) is 1.62. The van der Waals surface area contributed by atoms with Crippen molar-refractivity contribution in [3.63, 3.8) is 0 Å². The van der Waals surface area contributed by atoms with Gasteiger partial charge in [-0.3, -0.25) is 0 Å². The molecule has 1 aliphatic rings. The largest absolute Gasteiger partial charge is 0.465 e. The Hall–Kier alpha value is -0.0300. The molecule has 80 valence electrons. The van der Waals surface area contributed by atoms with Crippen LogP contribution in [0.2, 0.25) is 0 Å². The normalized spacial score (nSPS) is 18.0. The van der Waals surface area contributed by atoms with Gasteiger partial charge in [-0.15, -0.1) is 0 Å². The average molecular weight is 327 g/mol. The van der Waals surface area contributed by atoms with Gasteiger partial charge in [-0.25, -0.2) is 4.79 Å². The van der Waals surface area contributed by atoms with Gasteiger partial charge in [0.2, 0.25) is 0 Å². The van der Waals surface area contributed by atoms with E-state index in [1.807, 2.05) is 0 Å². The Bertz CT molecular complexity index is 231. The van der Waals surface area contributed by atoms with Crippen molar-refractivity contribution in [1.29, 1.82) is 0 Å². The summed E-state index contributed by atoms with van der Waals surface area (Å²) < 4.78 is 0.977. The van der Waals surface area contributed by atoms with Gasteiger partial charge in [0.05, 0.1) is 3.39 Å². The lowest BCUT2D eigenvalue weighted by molar-refractivity contribution is 0.125. The van der Waals surface area contributed by atoms with Gasteiger partial charge in [-0.1, -0.05) is 6.08 Å². The second-order valence-electron chi connectivity index (χ2n) is 3.44. The summed E-state index contributed by atoms with van der Waals surface area (Å²) in [7, 11) is 0. The van der Waals surface area contributed by atoms with Crippen molar-refractivity contribution in [2.75, 3.05) is 13.1 Å². The Labute approximate surface area is 100 Å². The third-order valence-electron chi connectivity index (χ3n) is 2.49. The summed E-state index contributed by atoms with van der Waals surface area (Å²) in [4.78, 5) is 12.1. The molecule has 0 radical (unpaired) electrons. The SMILES string of the molecule is O=C(O)N1CCC(CC=C(Br)Br)CC1. The first kappa shape index (κ1) is 12.0. The van der Waals surface area contributed by atoms with Crippen LogP contribution in [-0.2, 0) is 0 Å². The molecule has 0 atom stereocenters. The average Bonchev–Trinajstić information content (AvgIpc) is 2.15. The maximum atomic E-state index is 10.6. The molecule has 3 nitrogen and oxygen atoms in total. The Kier molecular flexibility index (Phi) is 4.95. The van der Waals surface area contributed by atoms with Crippen molar-refractivity contribution in [3.8, 4) is 0 Å². The van der Waals surface area contributed by atoms with E-state index in [2.05, 4.69) is 37.9 Å². The smallest absolute Gasteiger partial charge is 0.407 e. The van der Waals surface area contributed by atoms with E-state index in [0.29, 0.717) is 19.0 Å². The molecule has 0 aromatic heterocycles. The van der Waals surface area contributed by atoms with Crippen LogP contribution in [0.25, 0.3) is 0 Å². The Morgan fingerprint density at radius 2 is 2.00 bits per heavy atom. The molecular weight excluding hydrogens is 314 g/mol. The second-order valence-corrected chi connectivity index (χ2v) is 6.22. The topological polar surface area (TPSA) is 40.5 Å². The summed E-state index contributed by atoms with van der Waals surface area (Å²) in [6.45, 7) is 1.35. The summed E-state index contributed by atoms with van der Waals surface area (Å²) >= 11 is 6.62. The van der Waals surface area contributed by atoms with E-state index in [1.54, 1.807) is 0 Å². The monoisotopic (exact) mass is 325 g/mol. The fraction of sp³-hybridized carbons (Fsp3) is 0.667. The van der Waals surface area contributed by atoms with E-state index in [-0.39, 0.29) is 0 Å². The summed E-state index contributed by atoms with van der Waals surface area (Å²) in [5.74, 6) is 0.621. The Balaban J connectivity index is 2.29. The van der Waals surface area contributed by atoms with E-state index in [9.17, 15) is 4.79 Å². The number of piperidine rings is 1. The minimum Gasteiger partial charge on any atom is -0.465 e. The number of carboxylic acid groups (broad SMARTS) is 1. The minimum atomic E-state index is -0.791. The summed E-state index contributed by atoms with van der Waals surface area (Å²) in [6.07, 6.45) is 4.24. The van der Waals surface area contributed by atoms with Crippen molar-refractivity contribution < 1.29 is 9.90 Å². The number of likely N-dealkylation sites (tertiary alicyclic amines) is 1. The third kappa shape index (κ3) is 4.00. The highest BCUT2D eigenvalue weighted by atomic mass is 79.9. The number of carbonyl (C=O) groups is 1. The number of nitrogens with zero attached hydrogens (tertiary/aromatic N) is 1. The zero-order chi connectivity index (χ0) is 10.6. The molecule has 5 heteroatoms. The molecule has 0 unspecified atom stereocenters. The van der Waals surface area contributed by atoms with Gasteiger partial charge in [-0.05, 0) is 57.0 Å². The number of allylic oxidation sites excluding steroid dienone is 1. The van der Waals surface area contributed by atoms with E-state index < -0.39 is 6.09 Å². The number of amides is 1. The van der Waals surface area contributed by atoms with Crippen molar-refractivity contribution in [1.82, 2.24) is 4.90 Å². The van der Waals surface area contributed by atoms with Crippen LogP contribution < -0.4 is 0 Å². The van der Waals surface area contributed by atoms with Crippen LogP contribution in [0.15, 0.2) is 9.47 Å². The van der Waals surface area contributed by atoms with Crippen LogP contribution in [0, 0.1) is 5.92 Å². The Morgan fingerprint density at radius 1 is 1.43 bits per heavy atom. The molecule has 0 aromatic rings. The zero-order valence-electron chi connectivity index (χ0n) is 7.75. The van der Waals surface area contributed by atoms with Crippen LogP contribution in [0.3, 0.4) is 0 Å². The molecule has 1 saturated heterocycles. The first-order chi connectivity index (χ1) is 6.59. The standard InChI is InChI=1S/C9H13Br2NO2/c10-8(11)2-1-7-3-5-12(6-4-7)9(13)14/h2,7H,1,3-6H2,(H,13,14). The van der Waals surface area contributed by atoms with Gasteiger partial charge < -0.3 is 10.0 Å². The number of hydrogen-bond acceptors (Lipinski definition) is 1. The molecule has 0 aromatic carbocycles. The predicted octanol–water partition coefficient (Wildman–Crippen LogP) is 3.40. The van der Waals surface area contributed by atoms with Crippen molar-refractivity contribution >= 4 is 38.0 Å². The molecule has 1 N–H and O–H groups in total. The van der Waals surface area contributed by atoms with Crippen LogP contribution in [0.4, 0.5) is 4.79 Å². The lowest BCUT2D eigenvalue weighted by Gasteiger charge is -2.29. The summed E-state index contributed by atoms with van der Waals surface area (Å²) in [5, 5.41) is 8.74. The third-order valence-corrected chi connectivity index (χ3v) is 3.14. The molecule has 1 aliphatic heterocycles. The van der Waals surface area contributed by atoms with Crippen LogP contribution in [-0.4, -0.2) is 29.2 Å². The maximum absolute atomic E-state index is 10.6. The zero-order valence-corrected chi connectivity index (χ0v) is 10.9. The van der Waals surface area contributed by atoms with Gasteiger partial charge >= 0.3 is 6.09 Å². The molecule has 0 saturated carbocycles. The van der Waals surface area contributed by atoms with E-state index in [0.717, 1.165) is 22.7 Å². The highest BCUT2D eigenvalue weighted by Gasteiger charge is 2.21. The van der Waals surface area contributed by atoms with Crippen molar-refractivity contribution in [2.24, 2.45) is 5.92 Å². The molecule has 1 amide bonds. The van der Waals surface area contributed by atoms with Gasteiger partial charge in [0.15, 0.2) is 0 Å². The van der Waals surface area contributed by atoms with E-state index in [1.165, 1.54) is 4.90 Å². The fourth-order valence-corrected chi connectivity index (χ4v) is 1.99. The van der Waals surface area contributed by atoms with E-state index >= 15 is 0 Å². The van der Waals surface area contributed by atoms with Gasteiger partial charge in [0, 0.05) is 13.1 Å². The van der Waals surface area contributed by atoms with Crippen molar-refractivity contribution in [2.45, 2.75) is 19.3 Å². The summed E-state index contributed by atoms with van der Waals surface area (Å²) in [6, 6.07) is 0. The Morgan fingerprint density at radius 3 is 2.43 bits per heavy atom. The molecule has 1 rings (SSSR count). The molecule has 14 heavy (non-hydrogen) atoms. The van der Waals surface area contributed by atoms with Gasteiger partial charge in [0.1, 0.15) is 0 Å². The molecular formula is C9H13Br2NO2. The van der Waals surface area contributed by atoms with Crippen LogP contribution >= 0.6 is 31.9 Å². The first-order valence-electron chi connectivity index (χ1n) is 4.58. The maximum Gasteiger partial charge on any atom is 0.407 e. The van der Waals surface area contributed by atoms with Gasteiger partial charge in [0.25, 0.3) is 0 Å². The lowest BCUT2D eigenvalue weighted by Crippen LogP contribution is -2.37. The van der Waals surface area contributed by atoms with Gasteiger partial charge in [-0.2, -0.15) is 0 Å². The van der Waals surface area contributed by atoms with Crippen molar-refractivity contribution in [3.05, 3.63) is 9.47 Å². The summed E-state index contributed by atoms with van der Waals surface area (Å²) in [5.41, 5.74) is 0. The molecule has 1 fully saturated rings. The number of halogens is 2. The molecule has 0 aliphatic carbocycles. The highest BCUT2D eigenvalue weighted by Crippen LogP contribution is 2.23.